The van der Waals surface area contributed by atoms with Gasteiger partial charge in [0.15, 0.2) is 0 Å². The highest BCUT2D eigenvalue weighted by atomic mass is 15.2. The average molecular weight is 231 g/mol. The maximum absolute atomic E-state index is 4.24. The van der Waals surface area contributed by atoms with E-state index >= 15 is 0 Å². The van der Waals surface area contributed by atoms with Gasteiger partial charge in [-0.1, -0.05) is 12.8 Å². The fraction of sp³-hybridized carbons (Fsp3) is 0.643. The van der Waals surface area contributed by atoms with Crippen molar-refractivity contribution in [1.82, 2.24) is 10.3 Å². The van der Waals surface area contributed by atoms with Crippen molar-refractivity contribution < 1.29 is 0 Å². The summed E-state index contributed by atoms with van der Waals surface area (Å²) in [6, 6.07) is 4.22. The van der Waals surface area contributed by atoms with Gasteiger partial charge in [0.05, 0.1) is 11.9 Å². The van der Waals surface area contributed by atoms with Crippen LogP contribution in [0.25, 0.3) is 0 Å². The predicted molar refractivity (Wildman–Crippen MR) is 70.3 cm³/mol. The van der Waals surface area contributed by atoms with Gasteiger partial charge in [0.25, 0.3) is 0 Å². The predicted octanol–water partition coefficient (Wildman–Crippen LogP) is 2.19. The van der Waals surface area contributed by atoms with Gasteiger partial charge in [0.2, 0.25) is 0 Å². The molecule has 0 amide bonds. The van der Waals surface area contributed by atoms with Crippen LogP contribution in [0.4, 0.5) is 5.69 Å². The van der Waals surface area contributed by atoms with E-state index in [1.54, 1.807) is 0 Å². The molecule has 0 radical (unpaired) electrons. The minimum Gasteiger partial charge on any atom is -0.368 e. The molecule has 2 aliphatic rings. The fourth-order valence-electron chi connectivity index (χ4n) is 3.27. The standard InChI is InChI=1S/C14H21N3/c1-2-7-14(6-1)12-17(10-4-9-16-14)13-5-3-8-15-11-13/h3,5,8,11,16H,1-2,4,6-7,9-10,12H2. The molecule has 3 heteroatoms. The van der Waals surface area contributed by atoms with Gasteiger partial charge in [-0.2, -0.15) is 0 Å². The Bertz CT molecular complexity index is 357. The van der Waals surface area contributed by atoms with Crippen LogP contribution < -0.4 is 10.2 Å². The summed E-state index contributed by atoms with van der Waals surface area (Å²) >= 11 is 0. The molecule has 3 rings (SSSR count). The van der Waals surface area contributed by atoms with Crippen molar-refractivity contribution in [3.8, 4) is 0 Å². The smallest absolute Gasteiger partial charge is 0.0553 e. The number of hydrogen-bond donors (Lipinski definition) is 1. The molecule has 92 valence electrons. The maximum Gasteiger partial charge on any atom is 0.0553 e. The quantitative estimate of drug-likeness (QED) is 0.803. The summed E-state index contributed by atoms with van der Waals surface area (Å²) in [6.07, 6.45) is 10.5. The van der Waals surface area contributed by atoms with E-state index in [4.69, 9.17) is 0 Å². The van der Waals surface area contributed by atoms with E-state index in [0.29, 0.717) is 5.54 Å². The van der Waals surface area contributed by atoms with Crippen LogP contribution in [-0.2, 0) is 0 Å². The van der Waals surface area contributed by atoms with Crippen molar-refractivity contribution in [2.75, 3.05) is 24.5 Å². The maximum atomic E-state index is 4.24. The summed E-state index contributed by atoms with van der Waals surface area (Å²) in [6.45, 7) is 3.47. The van der Waals surface area contributed by atoms with Gasteiger partial charge in [-0.15, -0.1) is 0 Å². The van der Waals surface area contributed by atoms with Crippen LogP contribution in [0, 0.1) is 0 Å². The highest BCUT2D eigenvalue weighted by molar-refractivity contribution is 5.44. The molecule has 2 heterocycles. The zero-order valence-electron chi connectivity index (χ0n) is 10.4. The van der Waals surface area contributed by atoms with Crippen LogP contribution in [0.5, 0.6) is 0 Å². The Morgan fingerprint density at radius 1 is 1.24 bits per heavy atom. The van der Waals surface area contributed by atoms with Gasteiger partial charge < -0.3 is 10.2 Å². The van der Waals surface area contributed by atoms with Crippen molar-refractivity contribution in [1.29, 1.82) is 0 Å². The number of aromatic nitrogens is 1. The Kier molecular flexibility index (Phi) is 3.02. The Morgan fingerprint density at radius 2 is 2.12 bits per heavy atom. The highest BCUT2D eigenvalue weighted by Gasteiger charge is 2.36. The molecule has 0 unspecified atom stereocenters. The van der Waals surface area contributed by atoms with E-state index in [2.05, 4.69) is 21.3 Å². The van der Waals surface area contributed by atoms with Crippen molar-refractivity contribution in [3.05, 3.63) is 24.5 Å². The van der Waals surface area contributed by atoms with Crippen LogP contribution >= 0.6 is 0 Å². The lowest BCUT2D eigenvalue weighted by Crippen LogP contribution is -2.49. The Hall–Kier alpha value is -1.09. The molecule has 1 N–H and O–H groups in total. The summed E-state index contributed by atoms with van der Waals surface area (Å²) in [5, 5.41) is 3.79. The topological polar surface area (TPSA) is 28.2 Å². The molecule has 1 aromatic rings. The van der Waals surface area contributed by atoms with Crippen molar-refractivity contribution in [2.45, 2.75) is 37.6 Å². The minimum absolute atomic E-state index is 0.381. The summed E-state index contributed by atoms with van der Waals surface area (Å²) in [7, 11) is 0. The first-order valence-electron chi connectivity index (χ1n) is 6.78. The Balaban J connectivity index is 1.80. The monoisotopic (exact) mass is 231 g/mol. The normalized spacial score (nSPS) is 23.9. The summed E-state index contributed by atoms with van der Waals surface area (Å²) in [5.74, 6) is 0. The second kappa shape index (κ2) is 4.65. The van der Waals surface area contributed by atoms with Gasteiger partial charge in [-0.25, -0.2) is 0 Å². The molecule has 0 aromatic carbocycles. The van der Waals surface area contributed by atoms with Gasteiger partial charge in [-0.05, 0) is 37.9 Å². The molecule has 1 aromatic heterocycles. The zero-order valence-corrected chi connectivity index (χ0v) is 10.4. The summed E-state index contributed by atoms with van der Waals surface area (Å²) in [5.41, 5.74) is 1.66. The molecule has 2 fully saturated rings. The number of anilines is 1. The van der Waals surface area contributed by atoms with Gasteiger partial charge >= 0.3 is 0 Å². The molecule has 3 nitrogen and oxygen atoms in total. The molecule has 0 atom stereocenters. The van der Waals surface area contributed by atoms with Crippen LogP contribution in [-0.4, -0.2) is 30.2 Å². The molecule has 17 heavy (non-hydrogen) atoms. The Labute approximate surface area is 103 Å². The highest BCUT2D eigenvalue weighted by Crippen LogP contribution is 2.32. The number of rotatable bonds is 1. The molecule has 0 bridgehead atoms. The van der Waals surface area contributed by atoms with E-state index in [0.717, 1.165) is 19.6 Å². The van der Waals surface area contributed by atoms with Crippen LogP contribution in [0.1, 0.15) is 32.1 Å². The number of pyridine rings is 1. The SMILES string of the molecule is c1cncc(N2CCCNC3(CCCC3)C2)c1. The van der Waals surface area contributed by atoms with E-state index in [-0.39, 0.29) is 0 Å². The van der Waals surface area contributed by atoms with Gasteiger partial charge in [0.1, 0.15) is 0 Å². The molecule has 1 aliphatic heterocycles. The van der Waals surface area contributed by atoms with E-state index < -0.39 is 0 Å². The van der Waals surface area contributed by atoms with E-state index in [1.807, 2.05) is 18.5 Å². The lowest BCUT2D eigenvalue weighted by atomic mass is 9.97. The van der Waals surface area contributed by atoms with Gasteiger partial charge in [0, 0.05) is 24.8 Å². The minimum atomic E-state index is 0.381. The third-order valence-corrected chi connectivity index (χ3v) is 4.17. The van der Waals surface area contributed by atoms with Gasteiger partial charge in [-0.3, -0.25) is 4.98 Å². The van der Waals surface area contributed by atoms with E-state index in [9.17, 15) is 0 Å². The average Bonchev–Trinajstić information content (AvgIpc) is 2.71. The third-order valence-electron chi connectivity index (χ3n) is 4.17. The second-order valence-electron chi connectivity index (χ2n) is 5.40. The Morgan fingerprint density at radius 3 is 2.88 bits per heavy atom. The summed E-state index contributed by atoms with van der Waals surface area (Å²) < 4.78 is 0. The molecule has 1 spiro atoms. The molecule has 1 aliphatic carbocycles. The molecular weight excluding hydrogens is 210 g/mol. The number of hydrogen-bond acceptors (Lipinski definition) is 3. The van der Waals surface area contributed by atoms with Crippen molar-refractivity contribution in [2.24, 2.45) is 0 Å². The van der Waals surface area contributed by atoms with Crippen LogP contribution in [0.3, 0.4) is 0 Å². The zero-order chi connectivity index (χ0) is 11.6. The lowest BCUT2D eigenvalue weighted by Gasteiger charge is -2.34. The number of nitrogens with one attached hydrogen (secondary N) is 1. The summed E-state index contributed by atoms with van der Waals surface area (Å²) in [4.78, 5) is 6.76. The molecular formula is C14H21N3. The third kappa shape index (κ3) is 2.29. The molecule has 1 saturated carbocycles. The first-order chi connectivity index (χ1) is 8.38. The second-order valence-corrected chi connectivity index (χ2v) is 5.40. The van der Waals surface area contributed by atoms with Crippen molar-refractivity contribution in [3.63, 3.8) is 0 Å². The van der Waals surface area contributed by atoms with E-state index in [1.165, 1.54) is 37.8 Å². The van der Waals surface area contributed by atoms with Crippen molar-refractivity contribution >= 4 is 5.69 Å². The molecule has 1 saturated heterocycles. The number of nitrogens with zero attached hydrogens (tertiary/aromatic N) is 2. The lowest BCUT2D eigenvalue weighted by molar-refractivity contribution is 0.354. The van der Waals surface area contributed by atoms with Crippen LogP contribution in [0.15, 0.2) is 24.5 Å². The first-order valence-corrected chi connectivity index (χ1v) is 6.78. The fourth-order valence-corrected chi connectivity index (χ4v) is 3.27. The largest absolute Gasteiger partial charge is 0.368 e. The van der Waals surface area contributed by atoms with Crippen LogP contribution in [0.2, 0.25) is 0 Å². The first kappa shape index (κ1) is 11.0.